The lowest BCUT2D eigenvalue weighted by molar-refractivity contribution is 0.450. The summed E-state index contributed by atoms with van der Waals surface area (Å²) in [5.74, 6) is -0.437. The Balaban J connectivity index is 3.07. The standard InChI is InChI=1S/C5H2Cl6N2O2S2/c6-4(7,8)16-12-1-2(14)13(3(12)15)17-5(9,10)11/h1,14H. The molecule has 0 radical (unpaired) electrons. The Labute approximate surface area is 134 Å². The highest BCUT2D eigenvalue weighted by Crippen LogP contribution is 2.42. The molecule has 0 fully saturated rings. The Morgan fingerprint density at radius 2 is 1.53 bits per heavy atom. The van der Waals surface area contributed by atoms with Crippen LogP contribution in [0.3, 0.4) is 0 Å². The molecule has 12 heteroatoms. The fraction of sp³-hybridized carbons (Fsp3) is 0.400. The number of nitrogens with zero attached hydrogens (tertiary/aromatic N) is 2. The SMILES string of the molecule is O=c1n(SC(Cl)(Cl)Cl)cc(O)n1SC(Cl)(Cl)Cl. The maximum Gasteiger partial charge on any atom is 0.351 e. The van der Waals surface area contributed by atoms with Gasteiger partial charge in [-0.05, 0) is 0 Å². The van der Waals surface area contributed by atoms with Gasteiger partial charge >= 0.3 is 5.69 Å². The second-order valence-electron chi connectivity index (χ2n) is 2.46. The van der Waals surface area contributed by atoms with Gasteiger partial charge in [0, 0.05) is 23.9 Å². The van der Waals surface area contributed by atoms with Crippen LogP contribution in [-0.4, -0.2) is 19.3 Å². The zero-order valence-corrected chi connectivity index (χ0v) is 13.6. The van der Waals surface area contributed by atoms with E-state index in [-0.39, 0.29) is 0 Å². The molecule has 1 heterocycles. The molecule has 0 saturated carbocycles. The van der Waals surface area contributed by atoms with Gasteiger partial charge in [-0.15, -0.1) is 0 Å². The molecule has 17 heavy (non-hydrogen) atoms. The Bertz CT molecular complexity index is 460. The van der Waals surface area contributed by atoms with Gasteiger partial charge in [0.2, 0.25) is 5.88 Å². The van der Waals surface area contributed by atoms with E-state index in [2.05, 4.69) is 0 Å². The third-order valence-corrected chi connectivity index (χ3v) is 3.84. The Morgan fingerprint density at radius 3 is 1.94 bits per heavy atom. The van der Waals surface area contributed by atoms with Crippen molar-refractivity contribution in [1.82, 2.24) is 7.94 Å². The molecule has 0 unspecified atom stereocenters. The van der Waals surface area contributed by atoms with E-state index >= 15 is 0 Å². The van der Waals surface area contributed by atoms with Crippen molar-refractivity contribution in [1.29, 1.82) is 0 Å². The Hall–Kier alpha value is 1.25. The van der Waals surface area contributed by atoms with Crippen LogP contribution in [0.5, 0.6) is 5.88 Å². The minimum atomic E-state index is -1.81. The number of hydrogen-bond donors (Lipinski definition) is 1. The molecule has 1 N–H and O–H groups in total. The summed E-state index contributed by atoms with van der Waals surface area (Å²) in [6.45, 7) is 0. The summed E-state index contributed by atoms with van der Waals surface area (Å²) < 4.78 is -1.90. The van der Waals surface area contributed by atoms with Crippen LogP contribution in [0.2, 0.25) is 0 Å². The van der Waals surface area contributed by atoms with Crippen molar-refractivity contribution < 1.29 is 5.11 Å². The number of halogens is 6. The molecule has 0 saturated heterocycles. The quantitative estimate of drug-likeness (QED) is 0.765. The van der Waals surface area contributed by atoms with Gasteiger partial charge in [0.05, 0.1) is 6.20 Å². The van der Waals surface area contributed by atoms with Crippen molar-refractivity contribution in [3.8, 4) is 5.88 Å². The summed E-state index contributed by atoms with van der Waals surface area (Å²) >= 11 is 34.0. The molecule has 1 aromatic heterocycles. The third-order valence-electron chi connectivity index (χ3n) is 1.20. The number of aromatic hydroxyl groups is 1. The van der Waals surface area contributed by atoms with Crippen LogP contribution in [0.15, 0.2) is 11.0 Å². The zero-order chi connectivity index (χ0) is 13.4. The average Bonchev–Trinajstić information content (AvgIpc) is 2.27. The van der Waals surface area contributed by atoms with E-state index in [9.17, 15) is 9.90 Å². The van der Waals surface area contributed by atoms with E-state index < -0.39 is 17.8 Å². The molecular formula is C5H2Cl6N2O2S2. The van der Waals surface area contributed by atoms with Crippen molar-refractivity contribution in [2.75, 3.05) is 0 Å². The third kappa shape index (κ3) is 5.40. The van der Waals surface area contributed by atoms with Crippen molar-refractivity contribution in [2.24, 2.45) is 0 Å². The number of imidazole rings is 1. The second-order valence-corrected chi connectivity index (χ2v) is 10.7. The Morgan fingerprint density at radius 1 is 1.06 bits per heavy atom. The van der Waals surface area contributed by atoms with Crippen molar-refractivity contribution in [2.45, 2.75) is 6.25 Å². The van der Waals surface area contributed by atoms with Gasteiger partial charge in [-0.25, -0.2) is 8.77 Å². The van der Waals surface area contributed by atoms with E-state index in [1.54, 1.807) is 0 Å². The van der Waals surface area contributed by atoms with Crippen molar-refractivity contribution in [3.63, 3.8) is 0 Å². The minimum absolute atomic E-state index is 0.437. The van der Waals surface area contributed by atoms with Crippen LogP contribution >= 0.6 is 93.5 Å². The van der Waals surface area contributed by atoms with Gasteiger partial charge in [-0.2, -0.15) is 3.97 Å². The maximum atomic E-state index is 11.7. The molecule has 98 valence electrons. The molecule has 1 rings (SSSR count). The maximum absolute atomic E-state index is 11.7. The number of rotatable bonds is 2. The first-order valence-electron chi connectivity index (χ1n) is 3.55. The Kier molecular flexibility index (Phi) is 5.47. The minimum Gasteiger partial charge on any atom is -0.493 e. The molecule has 1 aromatic rings. The largest absolute Gasteiger partial charge is 0.493 e. The van der Waals surface area contributed by atoms with Gasteiger partial charge in [0.15, 0.2) is 0 Å². The van der Waals surface area contributed by atoms with Gasteiger partial charge < -0.3 is 5.11 Å². The molecule has 0 aliphatic heterocycles. The predicted molar refractivity (Wildman–Crippen MR) is 76.9 cm³/mol. The number of alkyl halides is 6. The predicted octanol–water partition coefficient (Wildman–Crippen LogP) is 4.00. The monoisotopic (exact) mass is 396 g/mol. The fourth-order valence-corrected chi connectivity index (χ4v) is 3.15. The van der Waals surface area contributed by atoms with E-state index in [1.165, 1.54) is 0 Å². The molecule has 0 atom stereocenters. The van der Waals surface area contributed by atoms with Gasteiger partial charge in [-0.1, -0.05) is 69.6 Å². The molecular weight excluding hydrogens is 397 g/mol. The van der Waals surface area contributed by atoms with Crippen LogP contribution in [-0.2, 0) is 0 Å². The van der Waals surface area contributed by atoms with Gasteiger partial charge in [0.25, 0.3) is 6.25 Å². The van der Waals surface area contributed by atoms with Gasteiger partial charge in [0.1, 0.15) is 0 Å². The summed E-state index contributed by atoms with van der Waals surface area (Å²) in [5.41, 5.74) is -0.713. The highest BCUT2D eigenvalue weighted by molar-refractivity contribution is 8.04. The molecule has 0 amide bonds. The topological polar surface area (TPSA) is 47.2 Å². The van der Waals surface area contributed by atoms with Crippen LogP contribution in [0.4, 0.5) is 0 Å². The van der Waals surface area contributed by atoms with Crippen LogP contribution in [0, 0.1) is 0 Å². The second kappa shape index (κ2) is 5.71. The molecule has 0 spiro atoms. The molecule has 0 aliphatic carbocycles. The zero-order valence-electron chi connectivity index (χ0n) is 7.41. The van der Waals surface area contributed by atoms with Crippen LogP contribution in [0.1, 0.15) is 0 Å². The van der Waals surface area contributed by atoms with Crippen molar-refractivity contribution >= 4 is 93.5 Å². The van der Waals surface area contributed by atoms with E-state index in [1.807, 2.05) is 0 Å². The lowest BCUT2D eigenvalue weighted by Crippen LogP contribution is -2.21. The molecule has 0 aromatic carbocycles. The van der Waals surface area contributed by atoms with E-state index in [0.29, 0.717) is 23.9 Å². The summed E-state index contributed by atoms with van der Waals surface area (Å²) in [4.78, 5) is 11.7. The summed E-state index contributed by atoms with van der Waals surface area (Å²) in [7, 11) is 0. The highest BCUT2D eigenvalue weighted by atomic mass is 35.6. The summed E-state index contributed by atoms with van der Waals surface area (Å²) in [5, 5.41) is 9.48. The fourth-order valence-electron chi connectivity index (χ4n) is 0.766. The number of hydrogen-bond acceptors (Lipinski definition) is 4. The summed E-state index contributed by atoms with van der Waals surface area (Å²) in [6, 6.07) is 0. The van der Waals surface area contributed by atoms with Crippen molar-refractivity contribution in [3.05, 3.63) is 16.7 Å². The average molecular weight is 399 g/mol. The first-order valence-corrected chi connectivity index (χ1v) is 7.37. The van der Waals surface area contributed by atoms with Crippen LogP contribution in [0.25, 0.3) is 0 Å². The van der Waals surface area contributed by atoms with Gasteiger partial charge in [-0.3, -0.25) is 0 Å². The van der Waals surface area contributed by atoms with E-state index in [0.717, 1.165) is 14.1 Å². The highest BCUT2D eigenvalue weighted by Gasteiger charge is 2.29. The first kappa shape index (κ1) is 16.3. The lowest BCUT2D eigenvalue weighted by atomic mass is 10.9. The van der Waals surface area contributed by atoms with E-state index in [4.69, 9.17) is 69.6 Å². The smallest absolute Gasteiger partial charge is 0.351 e. The molecule has 4 nitrogen and oxygen atoms in total. The summed E-state index contributed by atoms with van der Waals surface area (Å²) in [6.07, 6.45) is 1.04. The first-order chi connectivity index (χ1) is 7.49. The van der Waals surface area contributed by atoms with Crippen LogP contribution < -0.4 is 5.69 Å². The lowest BCUT2D eigenvalue weighted by Gasteiger charge is -2.10. The molecule has 0 bridgehead atoms. The molecule has 0 aliphatic rings. The normalized spacial score (nSPS) is 13.1. The number of aromatic nitrogens is 2.